The van der Waals surface area contributed by atoms with Crippen LogP contribution in [0, 0.1) is 13.8 Å². The number of carbonyl (C=O) groups excluding carboxylic acids is 2. The smallest absolute Gasteiger partial charge is 0.257 e. The molecule has 0 radical (unpaired) electrons. The highest BCUT2D eigenvalue weighted by molar-refractivity contribution is 6.05. The summed E-state index contributed by atoms with van der Waals surface area (Å²) in [6.45, 7) is 3.76. The van der Waals surface area contributed by atoms with E-state index in [1.807, 2.05) is 19.9 Å². The predicted octanol–water partition coefficient (Wildman–Crippen LogP) is 2.84. The zero-order valence-corrected chi connectivity index (χ0v) is 13.2. The van der Waals surface area contributed by atoms with E-state index in [1.54, 1.807) is 30.5 Å². The van der Waals surface area contributed by atoms with Gasteiger partial charge >= 0.3 is 0 Å². The molecule has 118 valence electrons. The normalized spacial score (nSPS) is 13.5. The third kappa shape index (κ3) is 3.74. The average Bonchev–Trinajstić information content (AvgIpc) is 3.34. The van der Waals surface area contributed by atoms with E-state index in [0.29, 0.717) is 22.9 Å². The molecule has 5 nitrogen and oxygen atoms in total. The summed E-state index contributed by atoms with van der Waals surface area (Å²) >= 11 is 0. The van der Waals surface area contributed by atoms with Crippen LogP contribution in [0.2, 0.25) is 0 Å². The van der Waals surface area contributed by atoms with Crippen molar-refractivity contribution in [1.29, 1.82) is 0 Å². The van der Waals surface area contributed by atoms with Crippen molar-refractivity contribution in [2.75, 3.05) is 5.32 Å². The fourth-order valence-electron chi connectivity index (χ4n) is 2.19. The third-order valence-electron chi connectivity index (χ3n) is 3.83. The summed E-state index contributed by atoms with van der Waals surface area (Å²) in [6.07, 6.45) is 3.63. The topological polar surface area (TPSA) is 71.1 Å². The summed E-state index contributed by atoms with van der Waals surface area (Å²) in [7, 11) is 0. The fraction of sp³-hybridized carbons (Fsp3) is 0.278. The molecule has 1 fully saturated rings. The lowest BCUT2D eigenvalue weighted by molar-refractivity contribution is 0.0949. The summed E-state index contributed by atoms with van der Waals surface area (Å²) in [5.74, 6) is -0.333. The molecule has 0 bridgehead atoms. The van der Waals surface area contributed by atoms with Crippen molar-refractivity contribution in [2.24, 2.45) is 0 Å². The van der Waals surface area contributed by atoms with Crippen molar-refractivity contribution in [1.82, 2.24) is 10.3 Å². The van der Waals surface area contributed by atoms with Gasteiger partial charge in [-0.15, -0.1) is 0 Å². The molecule has 0 aliphatic heterocycles. The fourth-order valence-corrected chi connectivity index (χ4v) is 2.19. The first-order valence-corrected chi connectivity index (χ1v) is 7.68. The first-order chi connectivity index (χ1) is 11.0. The Morgan fingerprint density at radius 2 is 1.78 bits per heavy atom. The highest BCUT2D eigenvalue weighted by atomic mass is 16.2. The van der Waals surface area contributed by atoms with Gasteiger partial charge in [-0.25, -0.2) is 0 Å². The molecule has 1 aliphatic carbocycles. The molecular formula is C18H19N3O2. The summed E-state index contributed by atoms with van der Waals surface area (Å²) in [5.41, 5.74) is 3.44. The van der Waals surface area contributed by atoms with Crippen molar-refractivity contribution < 1.29 is 9.59 Å². The summed E-state index contributed by atoms with van der Waals surface area (Å²) < 4.78 is 0. The molecule has 1 aromatic heterocycles. The second-order valence-electron chi connectivity index (χ2n) is 5.92. The van der Waals surface area contributed by atoms with Crippen LogP contribution in [0.25, 0.3) is 0 Å². The van der Waals surface area contributed by atoms with Crippen LogP contribution in [0.1, 0.15) is 44.8 Å². The molecule has 0 spiro atoms. The average molecular weight is 309 g/mol. The Morgan fingerprint density at radius 1 is 1.04 bits per heavy atom. The molecule has 1 heterocycles. The number of hydrogen-bond acceptors (Lipinski definition) is 3. The maximum atomic E-state index is 12.3. The molecule has 2 N–H and O–H groups in total. The van der Waals surface area contributed by atoms with Gasteiger partial charge in [0.15, 0.2) is 0 Å². The lowest BCUT2D eigenvalue weighted by Gasteiger charge is -2.11. The second-order valence-corrected chi connectivity index (χ2v) is 5.92. The number of nitrogens with zero attached hydrogens (tertiary/aromatic N) is 1. The van der Waals surface area contributed by atoms with Gasteiger partial charge < -0.3 is 10.6 Å². The molecule has 2 amide bonds. The van der Waals surface area contributed by atoms with E-state index in [-0.39, 0.29) is 11.8 Å². The van der Waals surface area contributed by atoms with Crippen LogP contribution in [0.3, 0.4) is 0 Å². The first-order valence-electron chi connectivity index (χ1n) is 7.68. The van der Waals surface area contributed by atoms with Gasteiger partial charge in [-0.1, -0.05) is 6.07 Å². The largest absolute Gasteiger partial charge is 0.349 e. The number of anilines is 1. The number of carbonyl (C=O) groups is 2. The highest BCUT2D eigenvalue weighted by Crippen LogP contribution is 2.21. The molecule has 1 saturated carbocycles. The maximum Gasteiger partial charge on any atom is 0.257 e. The van der Waals surface area contributed by atoms with Gasteiger partial charge in [0, 0.05) is 29.2 Å². The zero-order chi connectivity index (χ0) is 16.4. The van der Waals surface area contributed by atoms with E-state index in [2.05, 4.69) is 15.6 Å². The summed E-state index contributed by atoms with van der Waals surface area (Å²) in [4.78, 5) is 28.5. The maximum absolute atomic E-state index is 12.3. The van der Waals surface area contributed by atoms with Gasteiger partial charge in [-0.3, -0.25) is 14.6 Å². The quantitative estimate of drug-likeness (QED) is 0.912. The number of pyridine rings is 1. The van der Waals surface area contributed by atoms with Gasteiger partial charge in [0.1, 0.15) is 0 Å². The number of hydrogen-bond donors (Lipinski definition) is 2. The van der Waals surface area contributed by atoms with E-state index in [4.69, 9.17) is 0 Å². The Bertz CT molecular complexity index is 749. The second kappa shape index (κ2) is 6.20. The molecule has 23 heavy (non-hydrogen) atoms. The van der Waals surface area contributed by atoms with Crippen LogP contribution in [-0.4, -0.2) is 22.8 Å². The van der Waals surface area contributed by atoms with Crippen molar-refractivity contribution in [3.8, 4) is 0 Å². The van der Waals surface area contributed by atoms with E-state index >= 15 is 0 Å². The van der Waals surface area contributed by atoms with Gasteiger partial charge in [-0.2, -0.15) is 0 Å². The molecule has 5 heteroatoms. The number of rotatable bonds is 4. The van der Waals surface area contributed by atoms with Crippen molar-refractivity contribution in [2.45, 2.75) is 32.7 Å². The number of aromatic nitrogens is 1. The Hall–Kier alpha value is -2.69. The molecule has 2 aromatic rings. The summed E-state index contributed by atoms with van der Waals surface area (Å²) in [6, 6.07) is 9.16. The minimum absolute atomic E-state index is 0.0972. The number of benzene rings is 1. The molecule has 1 aliphatic rings. The minimum atomic E-state index is -0.236. The van der Waals surface area contributed by atoms with Crippen LogP contribution in [-0.2, 0) is 0 Å². The first kappa shape index (κ1) is 15.2. The molecule has 0 atom stereocenters. The lowest BCUT2D eigenvalue weighted by atomic mass is 10.1. The standard InChI is InChI=1S/C18H19N3O2/c1-11-3-5-13(17(22)20-15-7-8-15)9-16(11)21-18(23)14-6-4-12(2)19-10-14/h3-6,9-10,15H,7-8H2,1-2H3,(H,20,22)(H,21,23). The number of nitrogens with one attached hydrogen (secondary N) is 2. The molecular weight excluding hydrogens is 290 g/mol. The van der Waals surface area contributed by atoms with E-state index in [0.717, 1.165) is 24.1 Å². The molecule has 3 rings (SSSR count). The Kier molecular flexibility index (Phi) is 4.10. The number of amides is 2. The minimum Gasteiger partial charge on any atom is -0.349 e. The van der Waals surface area contributed by atoms with Crippen LogP contribution in [0.15, 0.2) is 36.5 Å². The van der Waals surface area contributed by atoms with Crippen molar-refractivity contribution in [3.63, 3.8) is 0 Å². The SMILES string of the molecule is Cc1ccc(C(=O)Nc2cc(C(=O)NC3CC3)ccc2C)cn1. The van der Waals surface area contributed by atoms with E-state index in [1.165, 1.54) is 0 Å². The molecule has 1 aromatic carbocycles. The lowest BCUT2D eigenvalue weighted by Crippen LogP contribution is -2.25. The molecule has 0 saturated heterocycles. The van der Waals surface area contributed by atoms with Crippen LogP contribution >= 0.6 is 0 Å². The zero-order valence-electron chi connectivity index (χ0n) is 13.2. The van der Waals surface area contributed by atoms with Gasteiger partial charge in [0.25, 0.3) is 11.8 Å². The monoisotopic (exact) mass is 309 g/mol. The van der Waals surface area contributed by atoms with Crippen molar-refractivity contribution in [3.05, 3.63) is 58.9 Å². The Labute approximate surface area is 135 Å². The summed E-state index contributed by atoms with van der Waals surface area (Å²) in [5, 5.41) is 5.80. The Balaban J connectivity index is 1.77. The van der Waals surface area contributed by atoms with Gasteiger partial charge in [0.05, 0.1) is 5.56 Å². The Morgan fingerprint density at radius 3 is 2.43 bits per heavy atom. The van der Waals surface area contributed by atoms with Crippen LogP contribution in [0.5, 0.6) is 0 Å². The predicted molar refractivity (Wildman–Crippen MR) is 88.6 cm³/mol. The third-order valence-corrected chi connectivity index (χ3v) is 3.83. The van der Waals surface area contributed by atoms with E-state index < -0.39 is 0 Å². The van der Waals surface area contributed by atoms with E-state index in [9.17, 15) is 9.59 Å². The van der Waals surface area contributed by atoms with Crippen LogP contribution in [0.4, 0.5) is 5.69 Å². The van der Waals surface area contributed by atoms with Crippen LogP contribution < -0.4 is 10.6 Å². The van der Waals surface area contributed by atoms with Gasteiger partial charge in [0.2, 0.25) is 0 Å². The van der Waals surface area contributed by atoms with Crippen molar-refractivity contribution >= 4 is 17.5 Å². The van der Waals surface area contributed by atoms with Gasteiger partial charge in [-0.05, 0) is 56.5 Å². The number of aryl methyl sites for hydroxylation is 2. The highest BCUT2D eigenvalue weighted by Gasteiger charge is 2.24. The molecule has 0 unspecified atom stereocenters.